The molecule has 0 saturated heterocycles. The predicted octanol–water partition coefficient (Wildman–Crippen LogP) is 2.27. The number of anilines is 1. The number of hydrogen-bond donors (Lipinski definition) is 2. The van der Waals surface area contributed by atoms with E-state index in [-0.39, 0.29) is 6.10 Å². The number of aliphatic hydroxyl groups is 1. The van der Waals surface area contributed by atoms with Gasteiger partial charge in [0.05, 0.1) is 6.10 Å². The van der Waals surface area contributed by atoms with Crippen molar-refractivity contribution in [2.45, 2.75) is 25.9 Å². The van der Waals surface area contributed by atoms with Crippen LogP contribution in [0.3, 0.4) is 0 Å². The Morgan fingerprint density at radius 1 is 1.54 bits per heavy atom. The molecule has 0 aliphatic carbocycles. The van der Waals surface area contributed by atoms with E-state index in [1.165, 1.54) is 11.3 Å². The molecule has 0 saturated carbocycles. The maximum absolute atomic E-state index is 9.39. The highest BCUT2D eigenvalue weighted by atomic mass is 16.3. The summed E-state index contributed by atoms with van der Waals surface area (Å²) in [6.45, 7) is 5.01. The van der Waals surface area contributed by atoms with Crippen molar-refractivity contribution in [1.29, 1.82) is 0 Å². The first kappa shape index (κ1) is 8.57. The summed E-state index contributed by atoms with van der Waals surface area (Å²) in [6, 6.07) is 6.17. The lowest BCUT2D eigenvalue weighted by atomic mass is 10.0. The Kier molecular flexibility index (Phi) is 2.00. The summed E-state index contributed by atoms with van der Waals surface area (Å²) in [4.78, 5) is 0. The van der Waals surface area contributed by atoms with Gasteiger partial charge in [0.1, 0.15) is 0 Å². The fourth-order valence-electron chi connectivity index (χ4n) is 1.79. The Morgan fingerprint density at radius 2 is 2.31 bits per heavy atom. The molecule has 1 aliphatic rings. The van der Waals surface area contributed by atoms with Crippen LogP contribution in [0.25, 0.3) is 0 Å². The quantitative estimate of drug-likeness (QED) is 0.689. The SMILES string of the molecule is CC(O)c1ccc2c(c1)NCC2C. The Labute approximate surface area is 78.6 Å². The van der Waals surface area contributed by atoms with Gasteiger partial charge in [-0.15, -0.1) is 0 Å². The van der Waals surface area contributed by atoms with E-state index in [2.05, 4.69) is 18.3 Å². The molecular formula is C11H15NO. The summed E-state index contributed by atoms with van der Waals surface area (Å²) >= 11 is 0. The molecule has 0 aromatic heterocycles. The second-order valence-electron chi connectivity index (χ2n) is 3.80. The van der Waals surface area contributed by atoms with Gasteiger partial charge in [-0.25, -0.2) is 0 Å². The lowest BCUT2D eigenvalue weighted by molar-refractivity contribution is 0.199. The van der Waals surface area contributed by atoms with E-state index >= 15 is 0 Å². The molecule has 2 nitrogen and oxygen atoms in total. The van der Waals surface area contributed by atoms with Crippen molar-refractivity contribution in [3.63, 3.8) is 0 Å². The standard InChI is InChI=1S/C11H15NO/c1-7-6-12-11-5-9(8(2)13)3-4-10(7)11/h3-5,7-8,12-13H,6H2,1-2H3. The van der Waals surface area contributed by atoms with E-state index < -0.39 is 0 Å². The largest absolute Gasteiger partial charge is 0.389 e. The first-order valence-electron chi connectivity index (χ1n) is 4.74. The molecule has 70 valence electrons. The highest BCUT2D eigenvalue weighted by Crippen LogP contribution is 2.32. The van der Waals surface area contributed by atoms with Crippen molar-refractivity contribution in [3.8, 4) is 0 Å². The van der Waals surface area contributed by atoms with Crippen molar-refractivity contribution in [2.75, 3.05) is 11.9 Å². The molecule has 1 aromatic rings. The normalized spacial score (nSPS) is 22.2. The van der Waals surface area contributed by atoms with Crippen molar-refractivity contribution < 1.29 is 5.11 Å². The van der Waals surface area contributed by atoms with Crippen molar-refractivity contribution in [1.82, 2.24) is 0 Å². The molecule has 0 fully saturated rings. The lowest BCUT2D eigenvalue weighted by Gasteiger charge is -2.07. The third-order valence-corrected chi connectivity index (χ3v) is 2.69. The number of rotatable bonds is 1. The molecule has 1 aliphatic heterocycles. The number of fused-ring (bicyclic) bond motifs is 1. The van der Waals surface area contributed by atoms with Gasteiger partial charge >= 0.3 is 0 Å². The van der Waals surface area contributed by atoms with Crippen LogP contribution in [0.2, 0.25) is 0 Å². The zero-order valence-electron chi connectivity index (χ0n) is 8.04. The van der Waals surface area contributed by atoms with Gasteiger partial charge in [-0.2, -0.15) is 0 Å². The first-order valence-corrected chi connectivity index (χ1v) is 4.74. The third kappa shape index (κ3) is 1.42. The van der Waals surface area contributed by atoms with E-state index in [0.29, 0.717) is 5.92 Å². The lowest BCUT2D eigenvalue weighted by Crippen LogP contribution is -1.96. The molecule has 0 bridgehead atoms. The second kappa shape index (κ2) is 3.04. The molecule has 0 radical (unpaired) electrons. The zero-order chi connectivity index (χ0) is 9.42. The van der Waals surface area contributed by atoms with Crippen LogP contribution in [0.15, 0.2) is 18.2 Å². The minimum absolute atomic E-state index is 0.372. The molecule has 1 aromatic carbocycles. The van der Waals surface area contributed by atoms with Crippen LogP contribution >= 0.6 is 0 Å². The second-order valence-corrected chi connectivity index (χ2v) is 3.80. The van der Waals surface area contributed by atoms with Crippen molar-refractivity contribution in [3.05, 3.63) is 29.3 Å². The molecule has 2 heteroatoms. The van der Waals surface area contributed by atoms with Gasteiger partial charge in [-0.05, 0) is 24.1 Å². The molecular weight excluding hydrogens is 162 g/mol. The van der Waals surface area contributed by atoms with Crippen LogP contribution in [0.5, 0.6) is 0 Å². The molecule has 2 atom stereocenters. The predicted molar refractivity (Wildman–Crippen MR) is 54.0 cm³/mol. The minimum atomic E-state index is -0.372. The van der Waals surface area contributed by atoms with Gasteiger partial charge in [0, 0.05) is 18.2 Å². The van der Waals surface area contributed by atoms with Crippen LogP contribution in [0, 0.1) is 0 Å². The number of aliphatic hydroxyl groups excluding tert-OH is 1. The van der Waals surface area contributed by atoms with E-state index in [1.54, 1.807) is 6.92 Å². The molecule has 0 amide bonds. The smallest absolute Gasteiger partial charge is 0.0762 e. The highest BCUT2D eigenvalue weighted by Gasteiger charge is 2.18. The Bertz CT molecular complexity index is 320. The van der Waals surface area contributed by atoms with Gasteiger partial charge in [-0.3, -0.25) is 0 Å². The number of nitrogens with one attached hydrogen (secondary N) is 1. The van der Waals surface area contributed by atoms with E-state index in [1.807, 2.05) is 12.1 Å². The van der Waals surface area contributed by atoms with Gasteiger partial charge in [0.2, 0.25) is 0 Å². The monoisotopic (exact) mass is 177 g/mol. The maximum Gasteiger partial charge on any atom is 0.0762 e. The van der Waals surface area contributed by atoms with Gasteiger partial charge in [0.15, 0.2) is 0 Å². The first-order chi connectivity index (χ1) is 6.18. The zero-order valence-corrected chi connectivity index (χ0v) is 8.04. The van der Waals surface area contributed by atoms with Crippen LogP contribution < -0.4 is 5.32 Å². The third-order valence-electron chi connectivity index (χ3n) is 2.69. The van der Waals surface area contributed by atoms with E-state index in [4.69, 9.17) is 0 Å². The maximum atomic E-state index is 9.39. The average molecular weight is 177 g/mol. The Balaban J connectivity index is 2.40. The van der Waals surface area contributed by atoms with E-state index in [0.717, 1.165) is 12.1 Å². The van der Waals surface area contributed by atoms with Crippen LogP contribution in [-0.2, 0) is 0 Å². The summed E-state index contributed by atoms with van der Waals surface area (Å²) in [6.07, 6.45) is -0.372. The molecule has 2 N–H and O–H groups in total. The number of hydrogen-bond acceptors (Lipinski definition) is 2. The summed E-state index contributed by atoms with van der Waals surface area (Å²) < 4.78 is 0. The minimum Gasteiger partial charge on any atom is -0.389 e. The van der Waals surface area contributed by atoms with Gasteiger partial charge in [-0.1, -0.05) is 19.1 Å². The molecule has 13 heavy (non-hydrogen) atoms. The molecule has 0 spiro atoms. The number of benzene rings is 1. The van der Waals surface area contributed by atoms with Crippen LogP contribution in [0.4, 0.5) is 5.69 Å². The summed E-state index contributed by atoms with van der Waals surface area (Å²) in [5.74, 6) is 0.595. The fourth-order valence-corrected chi connectivity index (χ4v) is 1.79. The topological polar surface area (TPSA) is 32.3 Å². The molecule has 2 unspecified atom stereocenters. The van der Waals surface area contributed by atoms with Crippen LogP contribution in [-0.4, -0.2) is 11.7 Å². The molecule has 1 heterocycles. The Hall–Kier alpha value is -1.02. The summed E-state index contributed by atoms with van der Waals surface area (Å²) in [5, 5.41) is 12.7. The van der Waals surface area contributed by atoms with Crippen molar-refractivity contribution in [2.24, 2.45) is 0 Å². The summed E-state index contributed by atoms with van der Waals surface area (Å²) in [5.41, 5.74) is 3.54. The van der Waals surface area contributed by atoms with Crippen molar-refractivity contribution >= 4 is 5.69 Å². The fraction of sp³-hybridized carbons (Fsp3) is 0.455. The van der Waals surface area contributed by atoms with Gasteiger partial charge < -0.3 is 10.4 Å². The van der Waals surface area contributed by atoms with E-state index in [9.17, 15) is 5.11 Å². The molecule has 2 rings (SSSR count). The van der Waals surface area contributed by atoms with Gasteiger partial charge in [0.25, 0.3) is 0 Å². The van der Waals surface area contributed by atoms with Crippen LogP contribution in [0.1, 0.15) is 37.0 Å². The highest BCUT2D eigenvalue weighted by molar-refractivity contribution is 5.59. The Morgan fingerprint density at radius 3 is 3.00 bits per heavy atom. The average Bonchev–Trinajstić information content (AvgIpc) is 2.47. The summed E-state index contributed by atoms with van der Waals surface area (Å²) in [7, 11) is 0.